The highest BCUT2D eigenvalue weighted by Gasteiger charge is 2.19. The van der Waals surface area contributed by atoms with Crippen molar-refractivity contribution < 1.29 is 14.3 Å². The van der Waals surface area contributed by atoms with Crippen LogP contribution in [0.3, 0.4) is 0 Å². The van der Waals surface area contributed by atoms with Gasteiger partial charge in [0.1, 0.15) is 11.4 Å². The summed E-state index contributed by atoms with van der Waals surface area (Å²) in [4.78, 5) is 15.6. The lowest BCUT2D eigenvalue weighted by Gasteiger charge is -2.10. The number of ether oxygens (including phenoxy) is 2. The molecular formula is C24H22ClNO3. The van der Waals surface area contributed by atoms with Crippen molar-refractivity contribution in [3.8, 4) is 5.75 Å². The lowest BCUT2D eigenvalue weighted by atomic mass is 10.1. The molecule has 4 nitrogen and oxygen atoms in total. The molecular weight excluding hydrogens is 386 g/mol. The molecule has 0 spiro atoms. The number of hydrogen-bond donors (Lipinski definition) is 1. The fraction of sp³-hybridized carbons (Fsp3) is 0.208. The van der Waals surface area contributed by atoms with Crippen molar-refractivity contribution in [2.75, 3.05) is 13.2 Å². The second-order valence-electron chi connectivity index (χ2n) is 6.82. The lowest BCUT2D eigenvalue weighted by molar-refractivity contribution is 0.0519. The number of esters is 1. The zero-order valence-electron chi connectivity index (χ0n) is 16.2. The fourth-order valence-electron chi connectivity index (χ4n) is 3.61. The molecule has 1 N–H and O–H groups in total. The summed E-state index contributed by atoms with van der Waals surface area (Å²) in [7, 11) is 0. The van der Waals surface area contributed by atoms with Crippen molar-refractivity contribution in [1.82, 2.24) is 4.98 Å². The Morgan fingerprint density at radius 2 is 1.86 bits per heavy atom. The van der Waals surface area contributed by atoms with E-state index >= 15 is 0 Å². The van der Waals surface area contributed by atoms with Gasteiger partial charge in [0.2, 0.25) is 0 Å². The minimum atomic E-state index is -0.343. The summed E-state index contributed by atoms with van der Waals surface area (Å²) in [6, 6.07) is 19.8. The molecule has 0 bridgehead atoms. The number of aryl methyl sites for hydroxylation is 1. The second kappa shape index (κ2) is 8.58. The molecule has 0 saturated carbocycles. The Bertz CT molecular complexity index is 1160. The third kappa shape index (κ3) is 4.08. The van der Waals surface area contributed by atoms with Gasteiger partial charge < -0.3 is 14.5 Å². The number of rotatable bonds is 7. The van der Waals surface area contributed by atoms with Gasteiger partial charge in [0, 0.05) is 21.3 Å². The zero-order valence-corrected chi connectivity index (χ0v) is 17.0. The third-order valence-corrected chi connectivity index (χ3v) is 5.16. The molecule has 0 amide bonds. The maximum absolute atomic E-state index is 12.4. The number of benzene rings is 3. The van der Waals surface area contributed by atoms with Crippen LogP contribution in [0.2, 0.25) is 5.02 Å². The van der Waals surface area contributed by atoms with Gasteiger partial charge in [-0.15, -0.1) is 0 Å². The van der Waals surface area contributed by atoms with Gasteiger partial charge in [-0.05, 0) is 55.0 Å². The molecule has 4 rings (SSSR count). The van der Waals surface area contributed by atoms with Gasteiger partial charge in [-0.25, -0.2) is 4.79 Å². The molecule has 0 fully saturated rings. The number of H-pyrrole nitrogens is 1. The number of hydrogen-bond acceptors (Lipinski definition) is 3. The number of carbonyl (C=O) groups is 1. The van der Waals surface area contributed by atoms with Crippen LogP contribution in [0.1, 0.15) is 29.4 Å². The highest BCUT2D eigenvalue weighted by molar-refractivity contribution is 6.31. The SMILES string of the molecule is CCOC(=O)c1[nH]c2ccc(Cl)cc2c1CCCOc1cccc2ccccc12. The van der Waals surface area contributed by atoms with E-state index in [-0.39, 0.29) is 5.97 Å². The number of aromatic nitrogens is 1. The van der Waals surface area contributed by atoms with Crippen LogP contribution in [0, 0.1) is 0 Å². The zero-order chi connectivity index (χ0) is 20.2. The topological polar surface area (TPSA) is 51.3 Å². The van der Waals surface area contributed by atoms with Gasteiger partial charge in [0.15, 0.2) is 0 Å². The molecule has 148 valence electrons. The highest BCUT2D eigenvalue weighted by atomic mass is 35.5. The number of carbonyl (C=O) groups excluding carboxylic acids is 1. The minimum absolute atomic E-state index is 0.332. The van der Waals surface area contributed by atoms with E-state index in [0.717, 1.165) is 39.4 Å². The van der Waals surface area contributed by atoms with Crippen LogP contribution in [0.15, 0.2) is 60.7 Å². The molecule has 0 aliphatic carbocycles. The summed E-state index contributed by atoms with van der Waals surface area (Å²) in [5, 5.41) is 3.84. The largest absolute Gasteiger partial charge is 0.493 e. The van der Waals surface area contributed by atoms with E-state index in [0.29, 0.717) is 30.4 Å². The molecule has 0 atom stereocenters. The van der Waals surface area contributed by atoms with Crippen molar-refractivity contribution in [3.05, 3.63) is 76.9 Å². The Morgan fingerprint density at radius 3 is 2.72 bits per heavy atom. The summed E-state index contributed by atoms with van der Waals surface area (Å²) in [6.07, 6.45) is 1.44. The molecule has 29 heavy (non-hydrogen) atoms. The second-order valence-corrected chi connectivity index (χ2v) is 7.25. The number of fused-ring (bicyclic) bond motifs is 2. The predicted octanol–water partition coefficient (Wildman–Crippen LogP) is 6.16. The maximum Gasteiger partial charge on any atom is 0.355 e. The van der Waals surface area contributed by atoms with Crippen molar-refractivity contribution >= 4 is 39.2 Å². The molecule has 0 aliphatic heterocycles. The summed E-state index contributed by atoms with van der Waals surface area (Å²) < 4.78 is 11.3. The van der Waals surface area contributed by atoms with E-state index < -0.39 is 0 Å². The Hall–Kier alpha value is -2.98. The standard InChI is InChI=1S/C24H22ClNO3/c1-2-28-24(27)23-19(20-15-17(25)12-13-21(20)26-23)10-6-14-29-22-11-5-8-16-7-3-4-9-18(16)22/h3-5,7-9,11-13,15,26H,2,6,10,14H2,1H3. The fourth-order valence-corrected chi connectivity index (χ4v) is 3.78. The van der Waals surface area contributed by atoms with E-state index in [1.54, 1.807) is 6.92 Å². The Morgan fingerprint density at radius 1 is 1.03 bits per heavy atom. The molecule has 1 heterocycles. The first-order valence-corrected chi connectivity index (χ1v) is 10.1. The average Bonchev–Trinajstić information content (AvgIpc) is 3.09. The van der Waals surface area contributed by atoms with E-state index in [9.17, 15) is 4.79 Å². The Balaban J connectivity index is 1.52. The van der Waals surface area contributed by atoms with Crippen LogP contribution in [0.25, 0.3) is 21.7 Å². The molecule has 4 aromatic rings. The summed E-state index contributed by atoms with van der Waals surface area (Å²) in [5.41, 5.74) is 2.29. The molecule has 1 aromatic heterocycles. The van der Waals surface area contributed by atoms with Gasteiger partial charge in [-0.3, -0.25) is 0 Å². The van der Waals surface area contributed by atoms with Crippen LogP contribution >= 0.6 is 11.6 Å². The Kier molecular flexibility index (Phi) is 5.72. The van der Waals surface area contributed by atoms with E-state index in [1.165, 1.54) is 0 Å². The first kappa shape index (κ1) is 19.3. The van der Waals surface area contributed by atoms with Crippen molar-refractivity contribution in [3.63, 3.8) is 0 Å². The van der Waals surface area contributed by atoms with Gasteiger partial charge in [0.05, 0.1) is 13.2 Å². The molecule has 0 aliphatic rings. The number of nitrogens with one attached hydrogen (secondary N) is 1. The summed E-state index contributed by atoms with van der Waals surface area (Å²) >= 11 is 6.18. The highest BCUT2D eigenvalue weighted by Crippen LogP contribution is 2.28. The molecule has 5 heteroatoms. The van der Waals surface area contributed by atoms with Crippen molar-refractivity contribution in [2.45, 2.75) is 19.8 Å². The van der Waals surface area contributed by atoms with Crippen molar-refractivity contribution in [2.24, 2.45) is 0 Å². The maximum atomic E-state index is 12.4. The van der Waals surface area contributed by atoms with Crippen molar-refractivity contribution in [1.29, 1.82) is 0 Å². The average molecular weight is 408 g/mol. The van der Waals surface area contributed by atoms with E-state index in [2.05, 4.69) is 23.2 Å². The normalized spacial score (nSPS) is 11.1. The molecule has 3 aromatic carbocycles. The number of halogens is 1. The quantitative estimate of drug-likeness (QED) is 0.294. The van der Waals surface area contributed by atoms with Crippen LogP contribution in [0.4, 0.5) is 0 Å². The van der Waals surface area contributed by atoms with E-state index in [4.69, 9.17) is 21.1 Å². The van der Waals surface area contributed by atoms with Crippen LogP contribution in [0.5, 0.6) is 5.75 Å². The van der Waals surface area contributed by atoms with Crippen LogP contribution in [-0.2, 0) is 11.2 Å². The number of aromatic amines is 1. The van der Waals surface area contributed by atoms with Crippen LogP contribution in [-0.4, -0.2) is 24.2 Å². The van der Waals surface area contributed by atoms with Gasteiger partial charge in [-0.1, -0.05) is 48.0 Å². The summed E-state index contributed by atoms with van der Waals surface area (Å²) in [5.74, 6) is 0.528. The monoisotopic (exact) mass is 407 g/mol. The first-order chi connectivity index (χ1) is 14.2. The predicted molar refractivity (Wildman–Crippen MR) is 117 cm³/mol. The lowest BCUT2D eigenvalue weighted by Crippen LogP contribution is -2.09. The first-order valence-electron chi connectivity index (χ1n) is 9.75. The smallest absolute Gasteiger partial charge is 0.355 e. The van der Waals surface area contributed by atoms with Gasteiger partial charge >= 0.3 is 5.97 Å². The Labute approximate surface area is 174 Å². The van der Waals surface area contributed by atoms with Gasteiger partial charge in [0.25, 0.3) is 0 Å². The molecule has 0 saturated heterocycles. The summed E-state index contributed by atoms with van der Waals surface area (Å²) in [6.45, 7) is 2.68. The minimum Gasteiger partial charge on any atom is -0.493 e. The molecule has 0 radical (unpaired) electrons. The third-order valence-electron chi connectivity index (χ3n) is 4.93. The van der Waals surface area contributed by atoms with Gasteiger partial charge in [-0.2, -0.15) is 0 Å². The molecule has 0 unspecified atom stereocenters. The van der Waals surface area contributed by atoms with Crippen LogP contribution < -0.4 is 4.74 Å². The van der Waals surface area contributed by atoms with E-state index in [1.807, 2.05) is 42.5 Å².